The van der Waals surface area contributed by atoms with Gasteiger partial charge in [0.2, 0.25) is 0 Å². The Morgan fingerprint density at radius 1 is 1.11 bits per heavy atom. The number of benzene rings is 3. The summed E-state index contributed by atoms with van der Waals surface area (Å²) in [5.41, 5.74) is 4.48. The van der Waals surface area contributed by atoms with Crippen molar-refractivity contribution in [1.29, 1.82) is 0 Å². The zero-order chi connectivity index (χ0) is 19.9. The van der Waals surface area contributed by atoms with Crippen LogP contribution in [0.2, 0.25) is 5.02 Å². The zero-order valence-corrected chi connectivity index (χ0v) is 16.9. The summed E-state index contributed by atoms with van der Waals surface area (Å²) in [4.78, 5) is 11.9. The molecule has 0 aliphatic carbocycles. The smallest absolute Gasteiger partial charge is 0.277 e. The first kappa shape index (κ1) is 20.0. The lowest BCUT2D eigenvalue weighted by Crippen LogP contribution is -2.24. The molecule has 0 radical (unpaired) electrons. The lowest BCUT2D eigenvalue weighted by Gasteiger charge is -2.09. The highest BCUT2D eigenvalue weighted by molar-refractivity contribution is 9.10. The van der Waals surface area contributed by atoms with Crippen LogP contribution >= 0.6 is 27.5 Å². The number of halogens is 3. The van der Waals surface area contributed by atoms with Gasteiger partial charge in [-0.15, -0.1) is 0 Å². The van der Waals surface area contributed by atoms with Crippen molar-refractivity contribution in [3.05, 3.63) is 87.6 Å². The van der Waals surface area contributed by atoms with Crippen LogP contribution in [0.15, 0.2) is 76.3 Å². The molecule has 0 unspecified atom stereocenters. The van der Waals surface area contributed by atoms with E-state index in [1.54, 1.807) is 6.07 Å². The Balaban J connectivity index is 1.57. The van der Waals surface area contributed by atoms with Crippen molar-refractivity contribution in [3.63, 3.8) is 0 Å². The van der Waals surface area contributed by atoms with Gasteiger partial charge in [0.05, 0.1) is 15.7 Å². The van der Waals surface area contributed by atoms with E-state index in [4.69, 9.17) is 16.3 Å². The molecule has 0 saturated carbocycles. The number of nitrogens with one attached hydrogen (secondary N) is 1. The molecule has 0 fully saturated rings. The maximum Gasteiger partial charge on any atom is 0.277 e. The van der Waals surface area contributed by atoms with Gasteiger partial charge in [0.1, 0.15) is 11.6 Å². The number of carbonyl (C=O) groups excluding carboxylic acids is 1. The Bertz CT molecular complexity index is 992. The van der Waals surface area contributed by atoms with Gasteiger partial charge >= 0.3 is 0 Å². The Kier molecular flexibility index (Phi) is 6.79. The van der Waals surface area contributed by atoms with Gasteiger partial charge in [-0.1, -0.05) is 54.1 Å². The summed E-state index contributed by atoms with van der Waals surface area (Å²) >= 11 is 9.34. The normalized spacial score (nSPS) is 10.8. The van der Waals surface area contributed by atoms with Crippen molar-refractivity contribution in [2.75, 3.05) is 6.61 Å². The Labute approximate surface area is 175 Å². The third-order valence-corrected chi connectivity index (χ3v) is 4.73. The highest BCUT2D eigenvalue weighted by Crippen LogP contribution is 2.30. The Hall–Kier alpha value is -2.70. The highest BCUT2D eigenvalue weighted by atomic mass is 79.9. The fourth-order valence-corrected chi connectivity index (χ4v) is 3.11. The Morgan fingerprint density at radius 2 is 1.89 bits per heavy atom. The van der Waals surface area contributed by atoms with Gasteiger partial charge in [-0.3, -0.25) is 4.79 Å². The highest BCUT2D eigenvalue weighted by Gasteiger charge is 2.08. The average Bonchev–Trinajstić information content (AvgIpc) is 2.70. The first-order valence-electron chi connectivity index (χ1n) is 8.28. The molecule has 0 aliphatic heterocycles. The topological polar surface area (TPSA) is 50.7 Å². The van der Waals surface area contributed by atoms with Crippen molar-refractivity contribution in [2.24, 2.45) is 5.10 Å². The molecular weight excluding hydrogens is 447 g/mol. The van der Waals surface area contributed by atoms with Gasteiger partial charge in [-0.05, 0) is 51.3 Å². The molecule has 7 heteroatoms. The fraction of sp³-hybridized carbons (Fsp3) is 0.0476. The summed E-state index contributed by atoms with van der Waals surface area (Å²) < 4.78 is 19.9. The number of hydrazone groups is 1. The van der Waals surface area contributed by atoms with Gasteiger partial charge < -0.3 is 4.74 Å². The summed E-state index contributed by atoms with van der Waals surface area (Å²) in [7, 11) is 0. The molecule has 4 nitrogen and oxygen atoms in total. The summed E-state index contributed by atoms with van der Waals surface area (Å²) in [6.07, 6.45) is 1.15. The summed E-state index contributed by atoms with van der Waals surface area (Å²) in [6.45, 7) is -0.244. The maximum atomic E-state index is 13.6. The number of hydrogen-bond acceptors (Lipinski definition) is 3. The molecule has 3 rings (SSSR count). The monoisotopic (exact) mass is 460 g/mol. The molecule has 3 aromatic carbocycles. The van der Waals surface area contributed by atoms with Gasteiger partial charge in [0.15, 0.2) is 6.61 Å². The van der Waals surface area contributed by atoms with Crippen LogP contribution < -0.4 is 10.2 Å². The number of amides is 1. The van der Waals surface area contributed by atoms with E-state index in [0.29, 0.717) is 5.75 Å². The van der Waals surface area contributed by atoms with E-state index < -0.39 is 11.7 Å². The third-order valence-electron chi connectivity index (χ3n) is 3.78. The molecule has 0 aromatic heterocycles. The molecule has 1 N–H and O–H groups in total. The molecule has 0 bridgehead atoms. The second-order valence-electron chi connectivity index (χ2n) is 5.73. The first-order valence-corrected chi connectivity index (χ1v) is 9.45. The van der Waals surface area contributed by atoms with E-state index in [9.17, 15) is 9.18 Å². The van der Waals surface area contributed by atoms with Gasteiger partial charge in [0.25, 0.3) is 5.91 Å². The van der Waals surface area contributed by atoms with E-state index in [0.717, 1.165) is 21.8 Å². The largest absolute Gasteiger partial charge is 0.483 e. The predicted octanol–water partition coefficient (Wildman–Crippen LogP) is 5.44. The van der Waals surface area contributed by atoms with Crippen molar-refractivity contribution in [2.45, 2.75) is 0 Å². The SMILES string of the molecule is O=C(COc1ccc(-c2ccccc2)cc1Br)N/N=C/c1c(F)cccc1Cl. The minimum absolute atomic E-state index is 0.102. The van der Waals surface area contributed by atoms with Gasteiger partial charge in [0, 0.05) is 5.56 Å². The van der Waals surface area contributed by atoms with E-state index in [1.165, 1.54) is 18.2 Å². The third kappa shape index (κ3) is 5.18. The maximum absolute atomic E-state index is 13.6. The van der Waals surface area contributed by atoms with Crippen LogP contribution in [0, 0.1) is 5.82 Å². The van der Waals surface area contributed by atoms with Crippen LogP contribution in [0.25, 0.3) is 11.1 Å². The zero-order valence-electron chi connectivity index (χ0n) is 14.5. The second-order valence-corrected chi connectivity index (χ2v) is 6.99. The van der Waals surface area contributed by atoms with Crippen LogP contribution in [-0.2, 0) is 4.79 Å². The van der Waals surface area contributed by atoms with Crippen molar-refractivity contribution in [3.8, 4) is 16.9 Å². The molecule has 0 spiro atoms. The molecule has 3 aromatic rings. The van der Waals surface area contributed by atoms with E-state index in [1.807, 2.05) is 42.5 Å². The number of hydrogen-bond donors (Lipinski definition) is 1. The minimum atomic E-state index is -0.524. The van der Waals surface area contributed by atoms with Crippen LogP contribution in [0.3, 0.4) is 0 Å². The van der Waals surface area contributed by atoms with Crippen LogP contribution in [0.5, 0.6) is 5.75 Å². The second kappa shape index (κ2) is 9.48. The predicted molar refractivity (Wildman–Crippen MR) is 112 cm³/mol. The van der Waals surface area contributed by atoms with Crippen molar-refractivity contribution < 1.29 is 13.9 Å². The van der Waals surface area contributed by atoms with Gasteiger partial charge in [-0.25, -0.2) is 9.82 Å². The molecule has 0 atom stereocenters. The lowest BCUT2D eigenvalue weighted by molar-refractivity contribution is -0.123. The van der Waals surface area contributed by atoms with Crippen molar-refractivity contribution >= 4 is 39.7 Å². The molecule has 0 aliphatic rings. The minimum Gasteiger partial charge on any atom is -0.483 e. The van der Waals surface area contributed by atoms with Crippen LogP contribution in [-0.4, -0.2) is 18.7 Å². The Morgan fingerprint density at radius 3 is 2.61 bits per heavy atom. The fourth-order valence-electron chi connectivity index (χ4n) is 2.41. The van der Waals surface area contributed by atoms with Crippen molar-refractivity contribution in [1.82, 2.24) is 5.43 Å². The number of ether oxygens (including phenoxy) is 1. The molecule has 28 heavy (non-hydrogen) atoms. The van der Waals surface area contributed by atoms with Gasteiger partial charge in [-0.2, -0.15) is 5.10 Å². The first-order chi connectivity index (χ1) is 13.5. The quantitative estimate of drug-likeness (QED) is 0.393. The molecular formula is C21H15BrClFN2O2. The lowest BCUT2D eigenvalue weighted by atomic mass is 10.1. The standard InChI is InChI=1S/C21H15BrClFN2O2/c22-17-11-15(14-5-2-1-3-6-14)9-10-20(17)28-13-21(27)26-25-12-16-18(23)7-4-8-19(16)24/h1-12H,13H2,(H,26,27)/b25-12+. The number of carbonyl (C=O) groups is 1. The summed E-state index contributed by atoms with van der Waals surface area (Å²) in [5, 5.41) is 3.92. The molecule has 142 valence electrons. The van der Waals surface area contributed by atoms with E-state index in [2.05, 4.69) is 26.5 Å². The molecule has 0 saturated heterocycles. The molecule has 0 heterocycles. The van der Waals surface area contributed by atoms with E-state index in [-0.39, 0.29) is 17.2 Å². The number of rotatable bonds is 6. The summed E-state index contributed by atoms with van der Waals surface area (Å²) in [6, 6.07) is 19.8. The number of nitrogens with zero attached hydrogens (tertiary/aromatic N) is 1. The van der Waals surface area contributed by atoms with Crippen LogP contribution in [0.1, 0.15) is 5.56 Å². The summed E-state index contributed by atoms with van der Waals surface area (Å²) in [5.74, 6) is -0.483. The van der Waals surface area contributed by atoms with Crippen LogP contribution in [0.4, 0.5) is 4.39 Å². The molecule has 1 amide bonds. The average molecular weight is 462 g/mol. The van der Waals surface area contributed by atoms with E-state index >= 15 is 0 Å².